The van der Waals surface area contributed by atoms with Crippen molar-refractivity contribution in [3.8, 4) is 0 Å². The molecule has 4 unspecified atom stereocenters. The molecule has 3 N–H and O–H groups in total. The Morgan fingerprint density at radius 1 is 0.936 bits per heavy atom. The first-order valence-electron chi connectivity index (χ1n) is 15.3. The highest BCUT2D eigenvalue weighted by Crippen LogP contribution is 2.40. The van der Waals surface area contributed by atoms with Gasteiger partial charge < -0.3 is 30.0 Å². The highest BCUT2D eigenvalue weighted by Gasteiger charge is 2.32. The number of thiazole rings is 1. The quantitative estimate of drug-likeness (QED) is 0.101. The number of hydrogen-bond acceptors (Lipinski definition) is 9. The molecule has 1 aliphatic heterocycles. The molecule has 5 aromatic rings. The topological polar surface area (TPSA) is 119 Å². The van der Waals surface area contributed by atoms with Crippen LogP contribution < -0.4 is 10.6 Å². The second kappa shape index (κ2) is 15.6. The van der Waals surface area contributed by atoms with Crippen molar-refractivity contribution in [2.24, 2.45) is 0 Å². The van der Waals surface area contributed by atoms with Crippen LogP contribution in [0.2, 0.25) is 0 Å². The van der Waals surface area contributed by atoms with E-state index in [0.717, 1.165) is 36.8 Å². The van der Waals surface area contributed by atoms with Gasteiger partial charge >= 0.3 is 12.0 Å². The summed E-state index contributed by atoms with van der Waals surface area (Å²) in [6.45, 7) is -0.0201. The Hall–Kier alpha value is -4.26. The lowest BCUT2D eigenvalue weighted by atomic mass is 10.0. The molecule has 11 heteroatoms. The number of ether oxygens (including phenoxy) is 3. The van der Waals surface area contributed by atoms with Crippen LogP contribution >= 0.6 is 23.1 Å². The van der Waals surface area contributed by atoms with Crippen molar-refractivity contribution in [2.45, 2.75) is 48.3 Å². The second-order valence-electron chi connectivity index (χ2n) is 11.1. The summed E-state index contributed by atoms with van der Waals surface area (Å²) >= 11 is 3.35. The van der Waals surface area contributed by atoms with Crippen LogP contribution in [-0.2, 0) is 32.0 Å². The Balaban J connectivity index is 1.13. The van der Waals surface area contributed by atoms with Crippen molar-refractivity contribution in [3.05, 3.63) is 125 Å². The Bertz CT molecular complexity index is 1750. The molecule has 2 amide bonds. The van der Waals surface area contributed by atoms with E-state index in [-0.39, 0.29) is 18.8 Å². The Labute approximate surface area is 281 Å². The molecular weight excluding hydrogens is 635 g/mol. The van der Waals surface area contributed by atoms with E-state index >= 15 is 0 Å². The summed E-state index contributed by atoms with van der Waals surface area (Å²) in [6.07, 6.45) is 0.00238. The molecule has 1 aromatic heterocycles. The van der Waals surface area contributed by atoms with E-state index in [1.165, 1.54) is 7.11 Å². The van der Waals surface area contributed by atoms with E-state index in [1.807, 2.05) is 84.9 Å². The summed E-state index contributed by atoms with van der Waals surface area (Å²) in [7, 11) is 1.30. The Kier molecular flexibility index (Phi) is 10.8. The molecule has 0 bridgehead atoms. The normalized spacial score (nSPS) is 18.4. The van der Waals surface area contributed by atoms with Crippen molar-refractivity contribution < 1.29 is 28.9 Å². The zero-order valence-electron chi connectivity index (χ0n) is 25.7. The monoisotopic (exact) mass is 669 g/mol. The maximum Gasteiger partial charge on any atom is 0.328 e. The number of urea groups is 1. The number of nitrogens with one attached hydrogen (secondary N) is 2. The highest BCUT2D eigenvalue weighted by molar-refractivity contribution is 8.01. The van der Waals surface area contributed by atoms with Gasteiger partial charge in [-0.1, -0.05) is 90.6 Å². The van der Waals surface area contributed by atoms with Gasteiger partial charge in [-0.15, -0.1) is 11.3 Å². The van der Waals surface area contributed by atoms with Crippen LogP contribution in [0.25, 0.3) is 10.2 Å². The van der Waals surface area contributed by atoms with Crippen molar-refractivity contribution in [1.29, 1.82) is 0 Å². The molecule has 9 nitrogen and oxygen atoms in total. The van der Waals surface area contributed by atoms with E-state index in [1.54, 1.807) is 35.2 Å². The summed E-state index contributed by atoms with van der Waals surface area (Å²) in [5, 5.41) is 15.0. The third-order valence-electron chi connectivity index (χ3n) is 7.80. The fourth-order valence-corrected chi connectivity index (χ4v) is 7.45. The molecule has 1 saturated heterocycles. The second-order valence-corrected chi connectivity index (χ2v) is 13.4. The summed E-state index contributed by atoms with van der Waals surface area (Å²) in [4.78, 5) is 30.0. The average Bonchev–Trinajstić information content (AvgIpc) is 3.54. The number of amides is 2. The smallest absolute Gasteiger partial charge is 0.328 e. The first-order chi connectivity index (χ1) is 23.0. The van der Waals surface area contributed by atoms with E-state index in [9.17, 15) is 14.7 Å². The zero-order chi connectivity index (χ0) is 32.6. The number of fused-ring (bicyclic) bond motifs is 1. The van der Waals surface area contributed by atoms with E-state index < -0.39 is 24.3 Å². The average molecular weight is 670 g/mol. The fraction of sp³-hybridized carbons (Fsp3) is 0.250. The molecule has 6 rings (SSSR count). The molecule has 0 saturated carbocycles. The Morgan fingerprint density at radius 2 is 1.66 bits per heavy atom. The SMILES string of the molecule is COC(=O)C(Cc1ccccc1)NC(=O)Nc1ccc(C2OC(CSc3nc4ccccc4s3)CC(c3ccc(CO)cc3)O2)cc1. The van der Waals surface area contributed by atoms with Gasteiger partial charge in [-0.3, -0.25) is 0 Å². The lowest BCUT2D eigenvalue weighted by molar-refractivity contribution is -0.245. The van der Waals surface area contributed by atoms with Crippen LogP contribution in [0.5, 0.6) is 0 Å². The molecule has 1 aliphatic rings. The van der Waals surface area contributed by atoms with Gasteiger partial charge in [-0.2, -0.15) is 0 Å². The number of aliphatic hydroxyl groups is 1. The summed E-state index contributed by atoms with van der Waals surface area (Å²) in [6, 6.07) is 31.2. The predicted octanol–water partition coefficient (Wildman–Crippen LogP) is 7.03. The number of carbonyl (C=O) groups is 2. The largest absolute Gasteiger partial charge is 0.467 e. The third kappa shape index (κ3) is 8.56. The van der Waals surface area contributed by atoms with Crippen LogP contribution in [-0.4, -0.2) is 47.1 Å². The number of aliphatic hydroxyl groups excluding tert-OH is 1. The summed E-state index contributed by atoms with van der Waals surface area (Å²) < 4.78 is 20.0. The van der Waals surface area contributed by atoms with Gasteiger partial charge in [0.1, 0.15) is 6.04 Å². The van der Waals surface area contributed by atoms with Crippen LogP contribution in [0.3, 0.4) is 0 Å². The summed E-state index contributed by atoms with van der Waals surface area (Å²) in [5.74, 6) is 0.178. The first kappa shape index (κ1) is 32.7. The van der Waals surface area contributed by atoms with Gasteiger partial charge in [0, 0.05) is 29.8 Å². The van der Waals surface area contributed by atoms with Crippen molar-refractivity contribution in [3.63, 3.8) is 0 Å². The molecule has 0 radical (unpaired) electrons. The number of aromatic nitrogens is 1. The Morgan fingerprint density at radius 3 is 2.38 bits per heavy atom. The van der Waals surface area contributed by atoms with Crippen LogP contribution in [0.1, 0.15) is 41.1 Å². The number of hydrogen-bond donors (Lipinski definition) is 3. The molecule has 0 spiro atoms. The lowest BCUT2D eigenvalue weighted by Crippen LogP contribution is -2.45. The van der Waals surface area contributed by atoms with Gasteiger partial charge in [0.05, 0.1) is 36.1 Å². The molecular formula is C36H35N3O6S2. The van der Waals surface area contributed by atoms with Gasteiger partial charge in [0.25, 0.3) is 0 Å². The first-order valence-corrected chi connectivity index (χ1v) is 17.1. The van der Waals surface area contributed by atoms with Gasteiger partial charge in [-0.25, -0.2) is 14.6 Å². The fourth-order valence-electron chi connectivity index (χ4n) is 5.33. The molecule has 0 aliphatic carbocycles. The number of para-hydroxylation sites is 1. The van der Waals surface area contributed by atoms with Crippen molar-refractivity contribution >= 4 is 51.0 Å². The minimum atomic E-state index is -0.841. The molecule has 1 fully saturated rings. The number of nitrogens with zero attached hydrogens (tertiary/aromatic N) is 1. The van der Waals surface area contributed by atoms with Crippen molar-refractivity contribution in [2.75, 3.05) is 18.2 Å². The van der Waals surface area contributed by atoms with Crippen molar-refractivity contribution in [1.82, 2.24) is 10.3 Å². The molecule has 242 valence electrons. The standard InChI is InChI=1S/C36H35N3O6S2/c1-43-33(41)30(19-23-7-3-2-4-8-23)38-35(42)37-27-17-15-26(16-18-27)34-44-28(20-31(45-34)25-13-11-24(21-40)12-14-25)22-46-36-39-29-9-5-6-10-32(29)47-36/h2-18,28,30-31,34,40H,19-22H2,1H3,(H2,37,38,42). The number of benzene rings is 4. The maximum atomic E-state index is 12.9. The number of methoxy groups -OCH3 is 1. The highest BCUT2D eigenvalue weighted by atomic mass is 32.2. The van der Waals surface area contributed by atoms with Crippen LogP contribution in [0.4, 0.5) is 10.5 Å². The van der Waals surface area contributed by atoms with Crippen LogP contribution in [0.15, 0.2) is 107 Å². The zero-order valence-corrected chi connectivity index (χ0v) is 27.3. The van der Waals surface area contributed by atoms with E-state index in [4.69, 9.17) is 19.2 Å². The maximum absolute atomic E-state index is 12.9. The number of carbonyl (C=O) groups excluding carboxylic acids is 2. The third-order valence-corrected chi connectivity index (χ3v) is 10.1. The number of esters is 1. The number of thioether (sulfide) groups is 1. The summed E-state index contributed by atoms with van der Waals surface area (Å²) in [5.41, 5.74) is 5.09. The van der Waals surface area contributed by atoms with Gasteiger partial charge in [-0.05, 0) is 41.0 Å². The molecule has 47 heavy (non-hydrogen) atoms. The van der Waals surface area contributed by atoms with Gasteiger partial charge in [0.15, 0.2) is 10.6 Å². The van der Waals surface area contributed by atoms with E-state index in [2.05, 4.69) is 16.7 Å². The predicted molar refractivity (Wildman–Crippen MR) is 183 cm³/mol. The minimum Gasteiger partial charge on any atom is -0.467 e. The molecule has 4 atom stereocenters. The molecule has 4 aromatic carbocycles. The van der Waals surface area contributed by atoms with Crippen LogP contribution in [0, 0.1) is 0 Å². The number of anilines is 1. The molecule has 2 heterocycles. The lowest BCUT2D eigenvalue weighted by Gasteiger charge is -2.36. The minimum absolute atomic E-state index is 0.0201. The van der Waals surface area contributed by atoms with Gasteiger partial charge in [0.2, 0.25) is 0 Å². The van der Waals surface area contributed by atoms with E-state index in [0.29, 0.717) is 24.3 Å². The number of rotatable bonds is 11.